The van der Waals surface area contributed by atoms with Crippen LogP contribution in [0.4, 0.5) is 0 Å². The van der Waals surface area contributed by atoms with Crippen LogP contribution in [0.5, 0.6) is 5.75 Å². The number of methoxy groups -OCH3 is 1. The lowest BCUT2D eigenvalue weighted by atomic mass is 9.83. The van der Waals surface area contributed by atoms with Gasteiger partial charge in [0, 0.05) is 17.8 Å². The highest BCUT2D eigenvalue weighted by molar-refractivity contribution is 5.99. The Morgan fingerprint density at radius 3 is 2.68 bits per heavy atom. The number of aryl methyl sites for hydroxylation is 1. The summed E-state index contributed by atoms with van der Waals surface area (Å²) in [7, 11) is 1.66. The molecule has 0 aliphatic carbocycles. The van der Waals surface area contributed by atoms with Crippen molar-refractivity contribution in [2.75, 3.05) is 7.11 Å². The molecule has 0 radical (unpaired) electrons. The Kier molecular flexibility index (Phi) is 6.24. The summed E-state index contributed by atoms with van der Waals surface area (Å²) in [6.45, 7) is 1.99. The van der Waals surface area contributed by atoms with Gasteiger partial charge in [0.05, 0.1) is 37.5 Å². The first kappa shape index (κ1) is 22.4. The van der Waals surface area contributed by atoms with E-state index in [1.54, 1.807) is 13.4 Å². The number of benzene rings is 2. The Labute approximate surface area is 200 Å². The van der Waals surface area contributed by atoms with Gasteiger partial charge in [0.1, 0.15) is 5.75 Å². The van der Waals surface area contributed by atoms with Gasteiger partial charge in [0.25, 0.3) is 5.91 Å². The number of ether oxygens (including phenoxy) is 1. The van der Waals surface area contributed by atoms with Gasteiger partial charge in [-0.1, -0.05) is 30.3 Å². The van der Waals surface area contributed by atoms with Crippen molar-refractivity contribution in [3.05, 3.63) is 82.9 Å². The fourth-order valence-corrected chi connectivity index (χ4v) is 5.32. The van der Waals surface area contributed by atoms with Crippen molar-refractivity contribution < 1.29 is 14.6 Å². The third-order valence-corrected chi connectivity index (χ3v) is 7.08. The molecule has 2 fully saturated rings. The zero-order chi connectivity index (χ0) is 23.7. The molecular formula is C28H31N3O3. The van der Waals surface area contributed by atoms with Gasteiger partial charge in [-0.25, -0.2) is 4.98 Å². The number of carbonyl (C=O) groups excluding carboxylic acids is 1. The number of aromatic nitrogens is 2. The maximum absolute atomic E-state index is 13.7. The molecule has 0 bridgehead atoms. The molecule has 3 heterocycles. The van der Waals surface area contributed by atoms with Crippen LogP contribution >= 0.6 is 0 Å². The molecule has 6 heteroatoms. The van der Waals surface area contributed by atoms with Crippen molar-refractivity contribution in [1.82, 2.24) is 14.5 Å². The summed E-state index contributed by atoms with van der Waals surface area (Å²) < 4.78 is 7.60. The molecule has 176 valence electrons. The van der Waals surface area contributed by atoms with E-state index in [4.69, 9.17) is 4.74 Å². The Morgan fingerprint density at radius 1 is 1.15 bits per heavy atom. The summed E-state index contributed by atoms with van der Waals surface area (Å²) in [6, 6.07) is 14.4. The lowest BCUT2D eigenvalue weighted by Gasteiger charge is -2.46. The van der Waals surface area contributed by atoms with Crippen LogP contribution in [0.25, 0.3) is 11.8 Å². The average Bonchev–Trinajstić information content (AvgIpc) is 3.31. The highest BCUT2D eigenvalue weighted by Crippen LogP contribution is 2.41. The van der Waals surface area contributed by atoms with E-state index in [1.165, 1.54) is 0 Å². The van der Waals surface area contributed by atoms with Gasteiger partial charge in [0.2, 0.25) is 0 Å². The van der Waals surface area contributed by atoms with Gasteiger partial charge in [-0.15, -0.1) is 0 Å². The molecule has 2 atom stereocenters. The first-order chi connectivity index (χ1) is 16.6. The highest BCUT2D eigenvalue weighted by atomic mass is 16.5. The van der Waals surface area contributed by atoms with Crippen molar-refractivity contribution in [2.45, 2.75) is 57.7 Å². The van der Waals surface area contributed by atoms with E-state index in [-0.39, 0.29) is 18.6 Å². The van der Waals surface area contributed by atoms with Gasteiger partial charge >= 0.3 is 0 Å². The van der Waals surface area contributed by atoms with Crippen LogP contribution in [0.15, 0.2) is 60.6 Å². The van der Waals surface area contributed by atoms with Crippen LogP contribution in [0, 0.1) is 6.92 Å². The average molecular weight is 458 g/mol. The molecule has 0 unspecified atom stereocenters. The van der Waals surface area contributed by atoms with Crippen LogP contribution in [0.2, 0.25) is 0 Å². The second kappa shape index (κ2) is 9.47. The zero-order valence-corrected chi connectivity index (χ0v) is 19.8. The third-order valence-electron chi connectivity index (χ3n) is 7.08. The maximum Gasteiger partial charge on any atom is 0.250 e. The SMILES string of the molecule is COc1cc(/C=C2\CC[C@H]3CCC[C@@H](c4ccc(CO)cc4)N3C2=O)ccc1-n1cnc(C)c1. The van der Waals surface area contributed by atoms with Crippen LogP contribution in [0.3, 0.4) is 0 Å². The molecule has 1 aromatic heterocycles. The summed E-state index contributed by atoms with van der Waals surface area (Å²) in [4.78, 5) is 20.1. The Hall–Kier alpha value is -3.38. The molecule has 34 heavy (non-hydrogen) atoms. The van der Waals surface area contributed by atoms with Crippen molar-refractivity contribution in [2.24, 2.45) is 0 Å². The Balaban J connectivity index is 1.43. The number of hydrogen-bond acceptors (Lipinski definition) is 4. The van der Waals surface area contributed by atoms with E-state index >= 15 is 0 Å². The second-order valence-corrected chi connectivity index (χ2v) is 9.27. The molecule has 0 spiro atoms. The number of carbonyl (C=O) groups is 1. The quantitative estimate of drug-likeness (QED) is 0.549. The number of aliphatic hydroxyl groups excluding tert-OH is 1. The molecule has 0 saturated carbocycles. The predicted octanol–water partition coefficient (Wildman–Crippen LogP) is 4.98. The normalized spacial score (nSPS) is 21.6. The van der Waals surface area contributed by atoms with Gasteiger partial charge in [-0.3, -0.25) is 4.79 Å². The van der Waals surface area contributed by atoms with Gasteiger partial charge in [-0.2, -0.15) is 0 Å². The summed E-state index contributed by atoms with van der Waals surface area (Å²) in [6.07, 6.45) is 10.7. The van der Waals surface area contributed by atoms with E-state index in [1.807, 2.05) is 54.1 Å². The van der Waals surface area contributed by atoms with E-state index in [9.17, 15) is 9.90 Å². The predicted molar refractivity (Wildman–Crippen MR) is 132 cm³/mol. The van der Waals surface area contributed by atoms with Crippen molar-refractivity contribution in [3.8, 4) is 11.4 Å². The molecule has 1 amide bonds. The molecule has 1 N–H and O–H groups in total. The summed E-state index contributed by atoms with van der Waals surface area (Å²) in [5.74, 6) is 0.883. The van der Waals surface area contributed by atoms with Crippen molar-refractivity contribution in [3.63, 3.8) is 0 Å². The fourth-order valence-electron chi connectivity index (χ4n) is 5.32. The minimum absolute atomic E-state index is 0.0335. The van der Waals surface area contributed by atoms with Crippen molar-refractivity contribution in [1.29, 1.82) is 0 Å². The van der Waals surface area contributed by atoms with E-state index < -0.39 is 0 Å². The van der Waals surface area contributed by atoms with Gasteiger partial charge in [0.15, 0.2) is 0 Å². The van der Waals surface area contributed by atoms with Crippen molar-refractivity contribution >= 4 is 12.0 Å². The van der Waals surface area contributed by atoms with E-state index in [2.05, 4.69) is 22.0 Å². The summed E-state index contributed by atoms with van der Waals surface area (Å²) >= 11 is 0. The van der Waals surface area contributed by atoms with Gasteiger partial charge < -0.3 is 19.3 Å². The fraction of sp³-hybridized carbons (Fsp3) is 0.357. The van der Waals surface area contributed by atoms with E-state index in [0.717, 1.165) is 71.5 Å². The number of piperidine rings is 2. The summed E-state index contributed by atoms with van der Waals surface area (Å²) in [5, 5.41) is 9.38. The molecule has 2 saturated heterocycles. The second-order valence-electron chi connectivity index (χ2n) is 9.27. The van der Waals surface area contributed by atoms with Crippen LogP contribution in [-0.4, -0.2) is 38.6 Å². The topological polar surface area (TPSA) is 67.6 Å². The third kappa shape index (κ3) is 4.26. The monoisotopic (exact) mass is 457 g/mol. The number of nitrogens with zero attached hydrogens (tertiary/aromatic N) is 3. The zero-order valence-electron chi connectivity index (χ0n) is 19.8. The minimum Gasteiger partial charge on any atom is -0.495 e. The number of rotatable bonds is 5. The molecular weight excluding hydrogens is 426 g/mol. The van der Waals surface area contributed by atoms with Crippen LogP contribution in [0.1, 0.15) is 60.5 Å². The largest absolute Gasteiger partial charge is 0.495 e. The Bertz CT molecular complexity index is 1210. The molecule has 2 aliphatic rings. The number of fused-ring (bicyclic) bond motifs is 1. The lowest BCUT2D eigenvalue weighted by molar-refractivity contribution is -0.136. The molecule has 6 nitrogen and oxygen atoms in total. The molecule has 2 aliphatic heterocycles. The smallest absolute Gasteiger partial charge is 0.250 e. The number of amides is 1. The lowest BCUT2D eigenvalue weighted by Crippen LogP contribution is -2.49. The molecule has 3 aromatic rings. The number of imidazole rings is 1. The van der Waals surface area contributed by atoms with Crippen LogP contribution in [-0.2, 0) is 11.4 Å². The minimum atomic E-state index is 0.0335. The maximum atomic E-state index is 13.7. The summed E-state index contributed by atoms with van der Waals surface area (Å²) in [5.41, 5.74) is 5.71. The Morgan fingerprint density at radius 2 is 1.97 bits per heavy atom. The number of hydrogen-bond donors (Lipinski definition) is 1. The molecule has 2 aromatic carbocycles. The highest BCUT2D eigenvalue weighted by Gasteiger charge is 2.39. The van der Waals surface area contributed by atoms with E-state index in [0.29, 0.717) is 6.04 Å². The molecule has 5 rings (SSSR count). The standard InChI is InChI=1S/C28H31N3O3/c1-19-16-30(18-29-19)26-13-8-21(15-27(26)34-2)14-23-11-12-24-4-3-5-25(31(24)28(23)33)22-9-6-20(17-32)7-10-22/h6-10,13-16,18,24-25,32H,3-5,11-12,17H2,1-2H3/b23-14+/t24-,25+/m1/s1. The van der Waals surface area contributed by atoms with Crippen LogP contribution < -0.4 is 4.74 Å². The number of aliphatic hydroxyl groups is 1. The first-order valence-electron chi connectivity index (χ1n) is 12.0. The first-order valence-corrected chi connectivity index (χ1v) is 12.0. The van der Waals surface area contributed by atoms with Gasteiger partial charge in [-0.05, 0) is 73.9 Å².